The summed E-state index contributed by atoms with van der Waals surface area (Å²) in [4.78, 5) is 28.1. The molecule has 0 saturated heterocycles. The number of amides is 2. The van der Waals surface area contributed by atoms with Crippen molar-refractivity contribution in [2.24, 2.45) is 0 Å². The summed E-state index contributed by atoms with van der Waals surface area (Å²) < 4.78 is 0. The van der Waals surface area contributed by atoms with Gasteiger partial charge < -0.3 is 10.2 Å². The lowest BCUT2D eigenvalue weighted by Crippen LogP contribution is -2.25. The van der Waals surface area contributed by atoms with Crippen molar-refractivity contribution in [1.82, 2.24) is 0 Å². The molecule has 1 heterocycles. The molecular weight excluding hydrogens is 344 g/mol. The lowest BCUT2D eigenvalue weighted by atomic mass is 10.0. The second-order valence-corrected chi connectivity index (χ2v) is 6.97. The highest BCUT2D eigenvalue weighted by Crippen LogP contribution is 2.40. The van der Waals surface area contributed by atoms with Crippen LogP contribution in [0.4, 0.5) is 11.4 Å². The molecule has 4 rings (SSSR count). The minimum absolute atomic E-state index is 0.0178. The zero-order valence-electron chi connectivity index (χ0n) is 14.6. The zero-order chi connectivity index (χ0) is 18.3. The van der Waals surface area contributed by atoms with Crippen molar-refractivity contribution in [2.45, 2.75) is 11.8 Å². The second-order valence-electron chi connectivity index (χ2n) is 6.09. The van der Waals surface area contributed by atoms with Gasteiger partial charge >= 0.3 is 0 Å². The highest BCUT2D eigenvalue weighted by Gasteiger charge is 2.29. The number of nitrogens with zero attached hydrogens (tertiary/aromatic N) is 1. The number of rotatable bonds is 4. The molecule has 130 valence electrons. The molecule has 0 radical (unpaired) electrons. The van der Waals surface area contributed by atoms with Gasteiger partial charge in [-0.1, -0.05) is 12.1 Å². The molecule has 3 aromatic rings. The van der Waals surface area contributed by atoms with Gasteiger partial charge in [0.15, 0.2) is 0 Å². The van der Waals surface area contributed by atoms with Gasteiger partial charge in [-0.2, -0.15) is 0 Å². The number of carbonyl (C=O) groups excluding carboxylic acids is 2. The predicted octanol–water partition coefficient (Wildman–Crippen LogP) is 4.79. The number of thioether (sulfide) groups is 1. The average molecular weight is 362 g/mol. The van der Waals surface area contributed by atoms with Crippen LogP contribution in [0.25, 0.3) is 10.8 Å². The Bertz CT molecular complexity index is 1030. The van der Waals surface area contributed by atoms with Crippen LogP contribution in [0.2, 0.25) is 0 Å². The maximum Gasteiger partial charge on any atom is 0.258 e. The van der Waals surface area contributed by atoms with Crippen molar-refractivity contribution in [3.8, 4) is 0 Å². The molecule has 1 aliphatic rings. The van der Waals surface area contributed by atoms with E-state index in [9.17, 15) is 9.59 Å². The molecule has 4 nitrogen and oxygen atoms in total. The predicted molar refractivity (Wildman–Crippen MR) is 107 cm³/mol. The minimum atomic E-state index is -0.157. The molecule has 0 saturated carbocycles. The van der Waals surface area contributed by atoms with E-state index in [1.807, 2.05) is 67.8 Å². The fraction of sp³-hybridized carbons (Fsp3) is 0.143. The number of carbonyl (C=O) groups is 2. The highest BCUT2D eigenvalue weighted by molar-refractivity contribution is 7.98. The van der Waals surface area contributed by atoms with Crippen LogP contribution < -0.4 is 10.2 Å². The van der Waals surface area contributed by atoms with Gasteiger partial charge in [-0.15, -0.1) is 11.8 Å². The quantitative estimate of drug-likeness (QED) is 0.679. The van der Waals surface area contributed by atoms with Gasteiger partial charge in [0, 0.05) is 39.0 Å². The standard InChI is InChI=1S/C21H18N2O2S/c1-3-23-18-12-11-17(15-5-4-6-16(19(15)18)21(23)25)22-20(24)13-7-9-14(26-2)10-8-13/h4-12H,3H2,1-2H3,(H,22,24). The lowest BCUT2D eigenvalue weighted by Gasteiger charge is -2.15. The van der Waals surface area contributed by atoms with E-state index < -0.39 is 0 Å². The van der Waals surface area contributed by atoms with Gasteiger partial charge in [-0.25, -0.2) is 0 Å². The third-order valence-corrected chi connectivity index (χ3v) is 5.45. The van der Waals surface area contributed by atoms with E-state index in [0.717, 1.165) is 27.0 Å². The third kappa shape index (κ3) is 2.56. The van der Waals surface area contributed by atoms with Crippen LogP contribution in [-0.2, 0) is 0 Å². The summed E-state index contributed by atoms with van der Waals surface area (Å²) in [7, 11) is 0. The Labute approximate surface area is 156 Å². The molecule has 3 aromatic carbocycles. The van der Waals surface area contributed by atoms with Crippen molar-refractivity contribution >= 4 is 45.7 Å². The maximum absolute atomic E-state index is 12.6. The van der Waals surface area contributed by atoms with Crippen LogP contribution in [0.15, 0.2) is 59.5 Å². The van der Waals surface area contributed by atoms with Gasteiger partial charge in [-0.05, 0) is 55.6 Å². The first kappa shape index (κ1) is 16.7. The van der Waals surface area contributed by atoms with Crippen LogP contribution in [0.1, 0.15) is 27.6 Å². The van der Waals surface area contributed by atoms with Gasteiger partial charge in [0.05, 0.1) is 5.69 Å². The van der Waals surface area contributed by atoms with E-state index in [2.05, 4.69) is 5.32 Å². The number of nitrogens with one attached hydrogen (secondary N) is 1. The molecule has 0 unspecified atom stereocenters. The molecule has 0 atom stereocenters. The molecule has 0 aliphatic carbocycles. The summed E-state index contributed by atoms with van der Waals surface area (Å²) in [6.07, 6.45) is 2.00. The molecule has 0 aromatic heterocycles. The fourth-order valence-corrected chi connectivity index (χ4v) is 3.81. The van der Waals surface area contributed by atoms with Crippen molar-refractivity contribution in [2.75, 3.05) is 23.0 Å². The van der Waals surface area contributed by atoms with Crippen LogP contribution >= 0.6 is 11.8 Å². The Morgan fingerprint density at radius 2 is 1.85 bits per heavy atom. The monoisotopic (exact) mass is 362 g/mol. The summed E-state index contributed by atoms with van der Waals surface area (Å²) in [5, 5.41) is 4.79. The molecule has 1 aliphatic heterocycles. The molecule has 0 fully saturated rings. The largest absolute Gasteiger partial charge is 0.321 e. The van der Waals surface area contributed by atoms with Crippen molar-refractivity contribution in [1.29, 1.82) is 0 Å². The summed E-state index contributed by atoms with van der Waals surface area (Å²) in [6, 6.07) is 17.0. The molecule has 0 bridgehead atoms. The second kappa shape index (κ2) is 6.50. The van der Waals surface area contributed by atoms with Gasteiger partial charge in [0.1, 0.15) is 0 Å². The summed E-state index contributed by atoms with van der Waals surface area (Å²) >= 11 is 1.64. The highest BCUT2D eigenvalue weighted by atomic mass is 32.2. The Morgan fingerprint density at radius 3 is 2.54 bits per heavy atom. The van der Waals surface area contributed by atoms with E-state index in [1.165, 1.54) is 0 Å². The smallest absolute Gasteiger partial charge is 0.258 e. The molecule has 26 heavy (non-hydrogen) atoms. The SMILES string of the molecule is CCN1C(=O)c2cccc3c(NC(=O)c4ccc(SC)cc4)ccc1c23. The molecule has 0 spiro atoms. The number of hydrogen-bond acceptors (Lipinski definition) is 3. The van der Waals surface area contributed by atoms with E-state index in [0.29, 0.717) is 17.7 Å². The minimum Gasteiger partial charge on any atom is -0.321 e. The maximum atomic E-state index is 12.6. The third-order valence-electron chi connectivity index (χ3n) is 4.70. The van der Waals surface area contributed by atoms with E-state index in [1.54, 1.807) is 16.7 Å². The Balaban J connectivity index is 1.73. The summed E-state index contributed by atoms with van der Waals surface area (Å²) in [5.41, 5.74) is 2.93. The number of anilines is 2. The Kier molecular flexibility index (Phi) is 4.17. The molecule has 5 heteroatoms. The zero-order valence-corrected chi connectivity index (χ0v) is 15.4. The van der Waals surface area contributed by atoms with E-state index in [4.69, 9.17) is 0 Å². The van der Waals surface area contributed by atoms with Gasteiger partial charge in [0.25, 0.3) is 11.8 Å². The lowest BCUT2D eigenvalue weighted by molar-refractivity contribution is 0.0992. The van der Waals surface area contributed by atoms with Gasteiger partial charge in [0.2, 0.25) is 0 Å². The molecular formula is C21H18N2O2S. The Hall–Kier alpha value is -2.79. The summed E-state index contributed by atoms with van der Waals surface area (Å²) in [6.45, 7) is 2.58. The van der Waals surface area contributed by atoms with E-state index in [-0.39, 0.29) is 11.8 Å². The van der Waals surface area contributed by atoms with Crippen LogP contribution in [0.5, 0.6) is 0 Å². The van der Waals surface area contributed by atoms with Crippen molar-refractivity contribution in [3.63, 3.8) is 0 Å². The van der Waals surface area contributed by atoms with Gasteiger partial charge in [-0.3, -0.25) is 9.59 Å². The molecule has 1 N–H and O–H groups in total. The Morgan fingerprint density at radius 1 is 1.08 bits per heavy atom. The first-order valence-corrected chi connectivity index (χ1v) is 9.69. The first-order chi connectivity index (χ1) is 12.6. The first-order valence-electron chi connectivity index (χ1n) is 8.47. The van der Waals surface area contributed by atoms with Crippen LogP contribution in [0.3, 0.4) is 0 Å². The van der Waals surface area contributed by atoms with E-state index >= 15 is 0 Å². The van der Waals surface area contributed by atoms with Crippen LogP contribution in [0, 0.1) is 0 Å². The number of hydrogen-bond donors (Lipinski definition) is 1. The summed E-state index contributed by atoms with van der Waals surface area (Å²) in [5.74, 6) is -0.140. The molecule has 2 amide bonds. The van der Waals surface area contributed by atoms with Crippen molar-refractivity contribution < 1.29 is 9.59 Å². The topological polar surface area (TPSA) is 49.4 Å². The van der Waals surface area contributed by atoms with Crippen LogP contribution in [-0.4, -0.2) is 24.6 Å². The fourth-order valence-electron chi connectivity index (χ4n) is 3.41. The average Bonchev–Trinajstić information content (AvgIpc) is 2.96. The normalized spacial score (nSPS) is 12.7. The van der Waals surface area contributed by atoms with Crippen molar-refractivity contribution in [3.05, 3.63) is 65.7 Å². The number of benzene rings is 3.